The third kappa shape index (κ3) is 2.74. The second-order valence-corrected chi connectivity index (χ2v) is 6.18. The van der Waals surface area contributed by atoms with E-state index in [1.54, 1.807) is 6.07 Å². The number of pyridine rings is 1. The van der Waals surface area contributed by atoms with Crippen LogP contribution in [0.2, 0.25) is 0 Å². The van der Waals surface area contributed by atoms with Crippen LogP contribution in [0.5, 0.6) is 0 Å². The van der Waals surface area contributed by atoms with E-state index in [0.29, 0.717) is 25.3 Å². The number of nitriles is 1. The topological polar surface area (TPSA) is 69.4 Å². The molecular formula is C16H21N3O2. The Morgan fingerprint density at radius 3 is 3.14 bits per heavy atom. The first-order valence-electron chi connectivity index (χ1n) is 7.56. The lowest BCUT2D eigenvalue weighted by atomic mass is 9.79. The zero-order chi connectivity index (χ0) is 14.9. The Morgan fingerprint density at radius 2 is 2.38 bits per heavy atom. The summed E-state index contributed by atoms with van der Waals surface area (Å²) in [6, 6.07) is 7.84. The van der Waals surface area contributed by atoms with Crippen LogP contribution in [0.25, 0.3) is 0 Å². The maximum atomic E-state index is 10.7. The maximum Gasteiger partial charge on any atom is 0.142 e. The Kier molecular flexibility index (Phi) is 3.83. The Morgan fingerprint density at radius 1 is 1.52 bits per heavy atom. The first-order chi connectivity index (χ1) is 10.1. The van der Waals surface area contributed by atoms with Crippen molar-refractivity contribution in [2.75, 3.05) is 24.7 Å². The van der Waals surface area contributed by atoms with Crippen LogP contribution >= 0.6 is 0 Å². The summed E-state index contributed by atoms with van der Waals surface area (Å²) in [6.45, 7) is 4.04. The molecule has 0 aliphatic carbocycles. The van der Waals surface area contributed by atoms with E-state index in [1.165, 1.54) is 0 Å². The molecule has 3 atom stereocenters. The summed E-state index contributed by atoms with van der Waals surface area (Å²) in [5.41, 5.74) is -0.261. The summed E-state index contributed by atoms with van der Waals surface area (Å²) >= 11 is 0. The second-order valence-electron chi connectivity index (χ2n) is 6.18. The van der Waals surface area contributed by atoms with Crippen molar-refractivity contribution in [3.05, 3.63) is 23.9 Å². The van der Waals surface area contributed by atoms with E-state index in [1.807, 2.05) is 19.1 Å². The van der Waals surface area contributed by atoms with Crippen LogP contribution in [0.15, 0.2) is 18.2 Å². The van der Waals surface area contributed by atoms with E-state index in [-0.39, 0.29) is 12.0 Å². The molecule has 3 rings (SSSR count). The maximum absolute atomic E-state index is 10.7. The first-order valence-corrected chi connectivity index (χ1v) is 7.56. The number of hydrogen-bond acceptors (Lipinski definition) is 5. The van der Waals surface area contributed by atoms with Crippen molar-refractivity contribution in [3.8, 4) is 6.07 Å². The van der Waals surface area contributed by atoms with Crippen molar-refractivity contribution in [1.82, 2.24) is 4.98 Å². The fourth-order valence-corrected chi connectivity index (χ4v) is 3.52. The fraction of sp³-hybridized carbons (Fsp3) is 0.625. The van der Waals surface area contributed by atoms with E-state index < -0.39 is 5.60 Å². The molecule has 112 valence electrons. The standard InChI is InChI=1S/C16H21N3O2/c1-16(20)7-9-21-11-13(16)14-5-3-8-19(14)15-6-2-4-12(10-17)18-15/h2,4,6,13-14,20H,3,5,7-9,11H2,1H3. The number of ether oxygens (including phenoxy) is 1. The highest BCUT2D eigenvalue weighted by Crippen LogP contribution is 2.37. The van der Waals surface area contributed by atoms with Crippen LogP contribution < -0.4 is 4.90 Å². The molecule has 2 fully saturated rings. The minimum Gasteiger partial charge on any atom is -0.390 e. The van der Waals surface area contributed by atoms with Gasteiger partial charge in [0.15, 0.2) is 0 Å². The fourth-order valence-electron chi connectivity index (χ4n) is 3.52. The predicted molar refractivity (Wildman–Crippen MR) is 78.9 cm³/mol. The molecule has 5 nitrogen and oxygen atoms in total. The number of aliphatic hydroxyl groups is 1. The molecule has 0 radical (unpaired) electrons. The van der Waals surface area contributed by atoms with Crippen molar-refractivity contribution in [1.29, 1.82) is 5.26 Å². The largest absolute Gasteiger partial charge is 0.390 e. The number of hydrogen-bond donors (Lipinski definition) is 1. The molecule has 1 aromatic rings. The van der Waals surface area contributed by atoms with Gasteiger partial charge < -0.3 is 14.7 Å². The predicted octanol–water partition coefficient (Wildman–Crippen LogP) is 1.71. The van der Waals surface area contributed by atoms with Gasteiger partial charge in [-0.05, 0) is 38.3 Å². The van der Waals surface area contributed by atoms with Crippen molar-refractivity contribution >= 4 is 5.82 Å². The molecule has 5 heteroatoms. The van der Waals surface area contributed by atoms with Gasteiger partial charge in [0.2, 0.25) is 0 Å². The van der Waals surface area contributed by atoms with Crippen LogP contribution in [0, 0.1) is 17.2 Å². The van der Waals surface area contributed by atoms with E-state index >= 15 is 0 Å². The molecule has 2 saturated heterocycles. The Balaban J connectivity index is 1.86. The Hall–Kier alpha value is -1.64. The third-order valence-electron chi connectivity index (χ3n) is 4.76. The van der Waals surface area contributed by atoms with Gasteiger partial charge in [0, 0.05) is 25.1 Å². The van der Waals surface area contributed by atoms with E-state index in [4.69, 9.17) is 10.00 Å². The minimum absolute atomic E-state index is 0.0845. The first kappa shape index (κ1) is 14.3. The summed E-state index contributed by atoms with van der Waals surface area (Å²) in [5.74, 6) is 0.916. The Bertz CT molecular complexity index is 553. The molecule has 1 aromatic heterocycles. The van der Waals surface area contributed by atoms with Crippen molar-refractivity contribution < 1.29 is 9.84 Å². The van der Waals surface area contributed by atoms with Crippen molar-refractivity contribution in [2.45, 2.75) is 37.8 Å². The molecule has 0 spiro atoms. The average molecular weight is 287 g/mol. The molecule has 3 heterocycles. The molecule has 0 saturated carbocycles. The smallest absolute Gasteiger partial charge is 0.142 e. The second kappa shape index (κ2) is 5.63. The lowest BCUT2D eigenvalue weighted by molar-refractivity contribution is -0.108. The molecule has 21 heavy (non-hydrogen) atoms. The summed E-state index contributed by atoms with van der Waals surface area (Å²) in [7, 11) is 0. The minimum atomic E-state index is -0.696. The molecule has 1 N–H and O–H groups in total. The van der Waals surface area contributed by atoms with Crippen molar-refractivity contribution in [2.24, 2.45) is 5.92 Å². The monoisotopic (exact) mass is 287 g/mol. The van der Waals surface area contributed by atoms with Crippen LogP contribution in [-0.4, -0.2) is 41.5 Å². The van der Waals surface area contributed by atoms with Crippen LogP contribution in [0.4, 0.5) is 5.82 Å². The van der Waals surface area contributed by atoms with Gasteiger partial charge in [-0.15, -0.1) is 0 Å². The van der Waals surface area contributed by atoms with Gasteiger partial charge in [0.1, 0.15) is 17.6 Å². The highest BCUT2D eigenvalue weighted by Gasteiger charge is 2.44. The molecule has 2 aliphatic rings. The van der Waals surface area contributed by atoms with Gasteiger partial charge in [-0.3, -0.25) is 0 Å². The highest BCUT2D eigenvalue weighted by molar-refractivity contribution is 5.44. The molecule has 2 aliphatic heterocycles. The molecular weight excluding hydrogens is 266 g/mol. The molecule has 0 amide bonds. The van der Waals surface area contributed by atoms with E-state index in [9.17, 15) is 5.11 Å². The third-order valence-corrected chi connectivity index (χ3v) is 4.76. The summed E-state index contributed by atoms with van der Waals surface area (Å²) in [5, 5.41) is 19.7. The van der Waals surface area contributed by atoms with Crippen molar-refractivity contribution in [3.63, 3.8) is 0 Å². The van der Waals surface area contributed by atoms with Crippen LogP contribution in [-0.2, 0) is 4.74 Å². The molecule has 3 unspecified atom stereocenters. The average Bonchev–Trinajstić information content (AvgIpc) is 2.96. The van der Waals surface area contributed by atoms with Gasteiger partial charge in [0.05, 0.1) is 12.2 Å². The van der Waals surface area contributed by atoms with E-state index in [2.05, 4.69) is 16.0 Å². The molecule has 0 bridgehead atoms. The van der Waals surface area contributed by atoms with Crippen LogP contribution in [0.3, 0.4) is 0 Å². The summed E-state index contributed by atoms with van der Waals surface area (Å²) in [6.07, 6.45) is 2.78. The van der Waals surface area contributed by atoms with Gasteiger partial charge in [-0.1, -0.05) is 6.07 Å². The van der Waals surface area contributed by atoms with Gasteiger partial charge in [-0.2, -0.15) is 5.26 Å². The van der Waals surface area contributed by atoms with Gasteiger partial charge in [-0.25, -0.2) is 4.98 Å². The molecule has 0 aromatic carbocycles. The number of aromatic nitrogens is 1. The zero-order valence-electron chi connectivity index (χ0n) is 12.3. The Labute approximate surface area is 125 Å². The highest BCUT2D eigenvalue weighted by atomic mass is 16.5. The summed E-state index contributed by atoms with van der Waals surface area (Å²) < 4.78 is 5.60. The number of anilines is 1. The zero-order valence-corrected chi connectivity index (χ0v) is 12.3. The van der Waals surface area contributed by atoms with Gasteiger partial charge in [0.25, 0.3) is 0 Å². The van der Waals surface area contributed by atoms with Crippen LogP contribution in [0.1, 0.15) is 31.9 Å². The van der Waals surface area contributed by atoms with E-state index in [0.717, 1.165) is 25.2 Å². The SMILES string of the molecule is CC1(O)CCOCC1C1CCCN1c1cccc(C#N)n1. The van der Waals surface area contributed by atoms with Gasteiger partial charge >= 0.3 is 0 Å². The normalized spacial score (nSPS) is 32.9. The lowest BCUT2D eigenvalue weighted by Crippen LogP contribution is -2.52. The lowest BCUT2D eigenvalue weighted by Gasteiger charge is -2.43. The quantitative estimate of drug-likeness (QED) is 0.896. The number of nitrogens with zero attached hydrogens (tertiary/aromatic N) is 3. The number of rotatable bonds is 2. The summed E-state index contributed by atoms with van der Waals surface area (Å²) in [4.78, 5) is 6.64.